The number of nitrogens with two attached hydrogens (primary N) is 2. The Kier molecular flexibility index (Phi) is 5.37. The number of imidazole rings is 1. The third-order valence-electron chi connectivity index (χ3n) is 5.14. The minimum atomic E-state index is 0.560. The molecule has 0 unspecified atom stereocenters. The Morgan fingerprint density at radius 3 is 2.79 bits per heavy atom. The van der Waals surface area contributed by atoms with Crippen molar-refractivity contribution in [1.29, 1.82) is 0 Å². The van der Waals surface area contributed by atoms with Crippen LogP contribution in [-0.2, 0) is 0 Å². The lowest BCUT2D eigenvalue weighted by Gasteiger charge is -2.07. The summed E-state index contributed by atoms with van der Waals surface area (Å²) in [6, 6.07) is 13.6. The molecule has 0 spiro atoms. The molecule has 0 aliphatic carbocycles. The molecule has 0 bridgehead atoms. The van der Waals surface area contributed by atoms with Crippen LogP contribution in [0.4, 0.5) is 11.5 Å². The van der Waals surface area contributed by atoms with Crippen molar-refractivity contribution in [2.24, 2.45) is 11.5 Å². The minimum Gasteiger partial charge on any atom is -0.405 e. The SMILES string of the molecule is C=C(NC(/C=C\N)=C/N)c1nc2ccc(-c3nccc(Nc4ccc5[nH]ncc5c4)n3)cc2[nH]1. The Morgan fingerprint density at radius 1 is 1.03 bits per heavy atom. The first-order valence-electron chi connectivity index (χ1n) is 10.4. The Balaban J connectivity index is 1.39. The van der Waals surface area contributed by atoms with E-state index < -0.39 is 0 Å². The number of aromatic nitrogens is 6. The highest BCUT2D eigenvalue weighted by Gasteiger charge is 2.10. The normalized spacial score (nSPS) is 11.9. The smallest absolute Gasteiger partial charge is 0.161 e. The summed E-state index contributed by atoms with van der Waals surface area (Å²) in [7, 11) is 0. The molecule has 0 aliphatic rings. The second kappa shape index (κ2) is 8.79. The van der Waals surface area contributed by atoms with Gasteiger partial charge in [0, 0.05) is 29.0 Å². The number of nitrogens with zero attached hydrogens (tertiary/aromatic N) is 4. The van der Waals surface area contributed by atoms with Gasteiger partial charge in [-0.25, -0.2) is 15.0 Å². The number of H-pyrrole nitrogens is 2. The van der Waals surface area contributed by atoms with Crippen LogP contribution in [0.15, 0.2) is 85.6 Å². The number of rotatable bonds is 7. The van der Waals surface area contributed by atoms with Crippen LogP contribution < -0.4 is 22.1 Å². The van der Waals surface area contributed by atoms with Crippen molar-refractivity contribution in [2.45, 2.75) is 0 Å². The average Bonchev–Trinajstić information content (AvgIpc) is 3.50. The van der Waals surface area contributed by atoms with Crippen molar-refractivity contribution >= 4 is 39.1 Å². The van der Waals surface area contributed by atoms with Gasteiger partial charge in [-0.2, -0.15) is 5.10 Å². The molecule has 0 saturated carbocycles. The molecule has 3 heterocycles. The fourth-order valence-corrected chi connectivity index (χ4v) is 3.50. The van der Waals surface area contributed by atoms with Gasteiger partial charge in [-0.1, -0.05) is 6.58 Å². The third kappa shape index (κ3) is 4.15. The lowest BCUT2D eigenvalue weighted by atomic mass is 10.2. The molecule has 8 N–H and O–H groups in total. The maximum atomic E-state index is 5.60. The van der Waals surface area contributed by atoms with Gasteiger partial charge < -0.3 is 27.1 Å². The van der Waals surface area contributed by atoms with E-state index in [-0.39, 0.29) is 0 Å². The van der Waals surface area contributed by atoms with E-state index in [1.807, 2.05) is 42.5 Å². The summed E-state index contributed by atoms with van der Waals surface area (Å²) in [6.07, 6.45) is 7.94. The predicted molar refractivity (Wildman–Crippen MR) is 134 cm³/mol. The average molecular weight is 451 g/mol. The number of hydrogen-bond acceptors (Lipinski definition) is 8. The maximum Gasteiger partial charge on any atom is 0.161 e. The van der Waals surface area contributed by atoms with Gasteiger partial charge in [0.1, 0.15) is 5.82 Å². The molecule has 10 heteroatoms. The number of nitrogens with one attached hydrogen (secondary N) is 4. The van der Waals surface area contributed by atoms with Crippen LogP contribution in [-0.4, -0.2) is 30.1 Å². The van der Waals surface area contributed by atoms with Crippen LogP contribution in [0.3, 0.4) is 0 Å². The zero-order valence-corrected chi connectivity index (χ0v) is 18.1. The molecule has 3 aromatic heterocycles. The number of benzene rings is 2. The van der Waals surface area contributed by atoms with E-state index in [1.165, 1.54) is 12.4 Å². The molecule has 5 aromatic rings. The van der Waals surface area contributed by atoms with Gasteiger partial charge >= 0.3 is 0 Å². The summed E-state index contributed by atoms with van der Waals surface area (Å²) in [5.41, 5.74) is 16.6. The largest absolute Gasteiger partial charge is 0.405 e. The van der Waals surface area contributed by atoms with E-state index in [9.17, 15) is 0 Å². The fourth-order valence-electron chi connectivity index (χ4n) is 3.50. The molecular weight excluding hydrogens is 428 g/mol. The Labute approximate surface area is 194 Å². The van der Waals surface area contributed by atoms with Gasteiger partial charge in [-0.15, -0.1) is 0 Å². The van der Waals surface area contributed by atoms with Crippen molar-refractivity contribution in [3.63, 3.8) is 0 Å². The molecule has 0 aliphatic heterocycles. The van der Waals surface area contributed by atoms with Crippen molar-refractivity contribution in [3.8, 4) is 11.4 Å². The summed E-state index contributed by atoms with van der Waals surface area (Å²) >= 11 is 0. The van der Waals surface area contributed by atoms with Crippen LogP contribution in [0.2, 0.25) is 0 Å². The second-order valence-corrected chi connectivity index (χ2v) is 7.46. The maximum absolute atomic E-state index is 5.60. The van der Waals surface area contributed by atoms with Crippen LogP contribution >= 0.6 is 0 Å². The van der Waals surface area contributed by atoms with E-state index in [0.29, 0.717) is 28.9 Å². The van der Waals surface area contributed by atoms with Gasteiger partial charge in [0.25, 0.3) is 0 Å². The molecule has 0 amide bonds. The summed E-state index contributed by atoms with van der Waals surface area (Å²) in [6.45, 7) is 4.02. The highest BCUT2D eigenvalue weighted by Crippen LogP contribution is 2.24. The molecule has 5 rings (SSSR count). The topological polar surface area (TPSA) is 159 Å². The zero-order valence-electron chi connectivity index (χ0n) is 18.1. The Bertz CT molecular complexity index is 1560. The van der Waals surface area contributed by atoms with Gasteiger partial charge in [0.05, 0.1) is 34.1 Å². The molecule has 34 heavy (non-hydrogen) atoms. The summed E-state index contributed by atoms with van der Waals surface area (Å²) in [4.78, 5) is 17.0. The number of aromatic amines is 2. The van der Waals surface area contributed by atoms with Crippen LogP contribution in [0.5, 0.6) is 0 Å². The van der Waals surface area contributed by atoms with E-state index in [1.54, 1.807) is 18.5 Å². The summed E-state index contributed by atoms with van der Waals surface area (Å²) in [5.74, 6) is 1.86. The van der Waals surface area contributed by atoms with E-state index in [0.717, 1.165) is 33.2 Å². The van der Waals surface area contributed by atoms with Crippen LogP contribution in [0, 0.1) is 0 Å². The first-order valence-corrected chi connectivity index (χ1v) is 10.4. The molecule has 0 radical (unpaired) electrons. The number of fused-ring (bicyclic) bond motifs is 2. The molecule has 2 aromatic carbocycles. The second-order valence-electron chi connectivity index (χ2n) is 7.46. The van der Waals surface area contributed by atoms with E-state index in [4.69, 9.17) is 11.5 Å². The Hall–Kier alpha value is -5.12. The molecule has 0 atom stereocenters. The lowest BCUT2D eigenvalue weighted by Crippen LogP contribution is -2.12. The van der Waals surface area contributed by atoms with Gasteiger partial charge in [-0.3, -0.25) is 5.10 Å². The van der Waals surface area contributed by atoms with Gasteiger partial charge in [0.2, 0.25) is 0 Å². The van der Waals surface area contributed by atoms with Crippen molar-refractivity contribution < 1.29 is 0 Å². The number of allylic oxidation sites excluding steroid dienone is 1. The molecule has 0 saturated heterocycles. The van der Waals surface area contributed by atoms with Crippen LogP contribution in [0.1, 0.15) is 5.82 Å². The lowest BCUT2D eigenvalue weighted by molar-refractivity contribution is 1.08. The fraction of sp³-hybridized carbons (Fsp3) is 0. The highest BCUT2D eigenvalue weighted by atomic mass is 15.1. The van der Waals surface area contributed by atoms with Gasteiger partial charge in [0.15, 0.2) is 11.6 Å². The van der Waals surface area contributed by atoms with Crippen molar-refractivity contribution in [3.05, 3.63) is 91.4 Å². The number of anilines is 2. The summed E-state index contributed by atoms with van der Waals surface area (Å²) < 4.78 is 0. The molecule has 0 fully saturated rings. The standard InChI is InChI=1S/C24H22N10/c1-14(29-18(12-26)6-8-25)23-31-20-4-2-15(11-21(20)32-23)24-27-9-7-22(33-24)30-17-3-5-19-16(10-17)13-28-34-19/h2-13,29H,1,25-26H2,(H,28,34)(H,31,32)(H,27,30,33)/b8-6-,18-12+. The minimum absolute atomic E-state index is 0.560. The van der Waals surface area contributed by atoms with E-state index >= 15 is 0 Å². The molecular formula is C24H22N10. The first kappa shape index (κ1) is 20.8. The first-order chi connectivity index (χ1) is 16.6. The number of hydrogen-bond donors (Lipinski definition) is 6. The van der Waals surface area contributed by atoms with Crippen LogP contribution in [0.25, 0.3) is 39.0 Å². The Morgan fingerprint density at radius 2 is 1.94 bits per heavy atom. The molecule has 10 nitrogen and oxygen atoms in total. The monoisotopic (exact) mass is 450 g/mol. The highest BCUT2D eigenvalue weighted by molar-refractivity contribution is 5.84. The predicted octanol–water partition coefficient (Wildman–Crippen LogP) is 3.47. The van der Waals surface area contributed by atoms with Crippen molar-refractivity contribution in [1.82, 2.24) is 35.5 Å². The quantitative estimate of drug-likeness (QED) is 0.206. The van der Waals surface area contributed by atoms with Crippen molar-refractivity contribution in [2.75, 3.05) is 5.32 Å². The molecule has 168 valence electrons. The van der Waals surface area contributed by atoms with Gasteiger partial charge in [-0.05, 0) is 54.7 Å². The summed E-state index contributed by atoms with van der Waals surface area (Å²) in [5, 5.41) is 14.4. The zero-order chi connectivity index (χ0) is 23.5. The van der Waals surface area contributed by atoms with E-state index in [2.05, 4.69) is 47.3 Å². The third-order valence-corrected chi connectivity index (χ3v) is 5.14.